The first-order valence-corrected chi connectivity index (χ1v) is 5.90. The minimum absolute atomic E-state index is 0.271. The molecule has 6 heteroatoms. The molecule has 2 amide bonds. The van der Waals surface area contributed by atoms with E-state index in [4.69, 9.17) is 5.73 Å². The minimum atomic E-state index is -0.292. The third-order valence-electron chi connectivity index (χ3n) is 3.11. The van der Waals surface area contributed by atoms with Crippen molar-refractivity contribution in [3.05, 3.63) is 47.8 Å². The van der Waals surface area contributed by atoms with E-state index in [1.807, 2.05) is 0 Å². The summed E-state index contributed by atoms with van der Waals surface area (Å²) in [5.41, 5.74) is 6.92. The summed E-state index contributed by atoms with van der Waals surface area (Å²) in [5, 5.41) is 4.04. The molecule has 19 heavy (non-hydrogen) atoms. The average Bonchev–Trinajstić information content (AvgIpc) is 2.98. The molecular weight excluding hydrogens is 244 g/mol. The topological polar surface area (TPSA) is 81.2 Å². The van der Waals surface area contributed by atoms with Gasteiger partial charge in [-0.05, 0) is 24.3 Å². The molecule has 1 aliphatic rings. The molecule has 1 aliphatic heterocycles. The highest BCUT2D eigenvalue weighted by atomic mass is 16.2. The average molecular weight is 256 g/mol. The van der Waals surface area contributed by atoms with E-state index in [9.17, 15) is 9.59 Å². The molecule has 2 heterocycles. The van der Waals surface area contributed by atoms with Crippen molar-refractivity contribution in [1.82, 2.24) is 14.7 Å². The van der Waals surface area contributed by atoms with Gasteiger partial charge in [-0.2, -0.15) is 5.10 Å². The number of aromatic nitrogens is 2. The first-order valence-electron chi connectivity index (χ1n) is 5.90. The van der Waals surface area contributed by atoms with Gasteiger partial charge in [-0.1, -0.05) is 0 Å². The monoisotopic (exact) mass is 256 g/mol. The van der Waals surface area contributed by atoms with E-state index < -0.39 is 0 Å². The largest absolute Gasteiger partial charge is 0.399 e. The zero-order valence-electron chi connectivity index (χ0n) is 10.1. The maximum Gasteiger partial charge on any atom is 0.261 e. The van der Waals surface area contributed by atoms with Crippen molar-refractivity contribution in [1.29, 1.82) is 0 Å². The maximum atomic E-state index is 12.1. The van der Waals surface area contributed by atoms with Gasteiger partial charge in [-0.3, -0.25) is 19.2 Å². The van der Waals surface area contributed by atoms with Gasteiger partial charge in [-0.25, -0.2) is 0 Å². The van der Waals surface area contributed by atoms with E-state index in [1.165, 1.54) is 4.90 Å². The van der Waals surface area contributed by atoms with Gasteiger partial charge in [-0.15, -0.1) is 0 Å². The molecule has 0 saturated carbocycles. The molecule has 96 valence electrons. The van der Waals surface area contributed by atoms with Gasteiger partial charge < -0.3 is 5.73 Å². The standard InChI is InChI=1S/C13H12N4O2/c14-9-2-3-10-11(8-9)13(19)17(12(10)18)7-6-16-5-1-4-15-16/h1-5,8H,6-7,14H2. The van der Waals surface area contributed by atoms with Crippen LogP contribution in [0.3, 0.4) is 0 Å². The Morgan fingerprint density at radius 2 is 1.89 bits per heavy atom. The Bertz CT molecular complexity index is 649. The highest BCUT2D eigenvalue weighted by Crippen LogP contribution is 2.24. The Balaban J connectivity index is 1.82. The van der Waals surface area contributed by atoms with Crippen LogP contribution in [-0.4, -0.2) is 33.0 Å². The van der Waals surface area contributed by atoms with Crippen LogP contribution in [0.2, 0.25) is 0 Å². The number of imide groups is 1. The van der Waals surface area contributed by atoms with Crippen LogP contribution >= 0.6 is 0 Å². The van der Waals surface area contributed by atoms with Crippen LogP contribution in [0.1, 0.15) is 20.7 Å². The van der Waals surface area contributed by atoms with Gasteiger partial charge >= 0.3 is 0 Å². The van der Waals surface area contributed by atoms with E-state index in [2.05, 4.69) is 5.10 Å². The summed E-state index contributed by atoms with van der Waals surface area (Å²) in [7, 11) is 0. The third kappa shape index (κ3) is 1.87. The molecule has 0 unspecified atom stereocenters. The number of carbonyl (C=O) groups is 2. The molecule has 1 aromatic heterocycles. The first-order chi connectivity index (χ1) is 9.16. The second-order valence-electron chi connectivity index (χ2n) is 4.34. The van der Waals surface area contributed by atoms with Crippen molar-refractivity contribution in [3.63, 3.8) is 0 Å². The first kappa shape index (κ1) is 11.5. The smallest absolute Gasteiger partial charge is 0.261 e. The molecule has 0 atom stereocenters. The summed E-state index contributed by atoms with van der Waals surface area (Å²) in [6.45, 7) is 0.780. The Hall–Kier alpha value is -2.63. The summed E-state index contributed by atoms with van der Waals surface area (Å²) in [4.78, 5) is 25.5. The molecule has 3 rings (SSSR count). The summed E-state index contributed by atoms with van der Waals surface area (Å²) in [6, 6.07) is 6.56. The Labute approximate surface area is 109 Å². The van der Waals surface area contributed by atoms with Crippen molar-refractivity contribution >= 4 is 17.5 Å². The second kappa shape index (κ2) is 4.24. The number of amides is 2. The van der Waals surface area contributed by atoms with Crippen LogP contribution in [0.25, 0.3) is 0 Å². The number of hydrogen-bond acceptors (Lipinski definition) is 4. The number of anilines is 1. The van der Waals surface area contributed by atoms with Crippen LogP contribution in [0.5, 0.6) is 0 Å². The lowest BCUT2D eigenvalue weighted by Crippen LogP contribution is -2.33. The second-order valence-corrected chi connectivity index (χ2v) is 4.34. The number of fused-ring (bicyclic) bond motifs is 1. The van der Waals surface area contributed by atoms with Gasteiger partial charge in [0.25, 0.3) is 11.8 Å². The van der Waals surface area contributed by atoms with E-state index in [1.54, 1.807) is 41.3 Å². The molecule has 0 fully saturated rings. The van der Waals surface area contributed by atoms with E-state index >= 15 is 0 Å². The SMILES string of the molecule is Nc1ccc2c(c1)C(=O)N(CCn1cccn1)C2=O. The normalized spacial score (nSPS) is 14.0. The van der Waals surface area contributed by atoms with Crippen LogP contribution in [0.15, 0.2) is 36.7 Å². The van der Waals surface area contributed by atoms with Crippen molar-refractivity contribution in [2.24, 2.45) is 0 Å². The molecule has 0 saturated heterocycles. The summed E-state index contributed by atoms with van der Waals surface area (Å²) in [5.74, 6) is -0.563. The predicted octanol–water partition coefficient (Wildman–Crippen LogP) is 0.762. The highest BCUT2D eigenvalue weighted by Gasteiger charge is 2.35. The van der Waals surface area contributed by atoms with E-state index in [0.29, 0.717) is 29.9 Å². The Morgan fingerprint density at radius 1 is 1.11 bits per heavy atom. The molecule has 0 aliphatic carbocycles. The van der Waals surface area contributed by atoms with Gasteiger partial charge in [0.05, 0.1) is 17.7 Å². The molecule has 2 aromatic rings. The molecule has 1 aromatic carbocycles. The van der Waals surface area contributed by atoms with Crippen LogP contribution in [-0.2, 0) is 6.54 Å². The minimum Gasteiger partial charge on any atom is -0.399 e. The van der Waals surface area contributed by atoms with Crippen molar-refractivity contribution < 1.29 is 9.59 Å². The Kier molecular flexibility index (Phi) is 2.56. The molecular formula is C13H12N4O2. The summed E-state index contributed by atoms with van der Waals surface area (Å²) >= 11 is 0. The number of benzene rings is 1. The number of hydrogen-bond donors (Lipinski definition) is 1. The number of nitrogens with zero attached hydrogens (tertiary/aromatic N) is 3. The molecule has 0 bridgehead atoms. The fourth-order valence-corrected chi connectivity index (χ4v) is 2.15. The molecule has 0 spiro atoms. The highest BCUT2D eigenvalue weighted by molar-refractivity contribution is 6.21. The zero-order chi connectivity index (χ0) is 13.4. The van der Waals surface area contributed by atoms with E-state index in [-0.39, 0.29) is 11.8 Å². The number of carbonyl (C=O) groups excluding carboxylic acids is 2. The lowest BCUT2D eigenvalue weighted by Gasteiger charge is -2.13. The van der Waals surface area contributed by atoms with Crippen molar-refractivity contribution in [3.8, 4) is 0 Å². The fraction of sp³-hybridized carbons (Fsp3) is 0.154. The fourth-order valence-electron chi connectivity index (χ4n) is 2.15. The lowest BCUT2D eigenvalue weighted by atomic mass is 10.1. The van der Waals surface area contributed by atoms with E-state index in [0.717, 1.165) is 0 Å². The molecule has 6 nitrogen and oxygen atoms in total. The lowest BCUT2D eigenvalue weighted by molar-refractivity contribution is 0.0647. The predicted molar refractivity (Wildman–Crippen MR) is 68.4 cm³/mol. The summed E-state index contributed by atoms with van der Waals surface area (Å²) in [6.07, 6.45) is 3.44. The van der Waals surface area contributed by atoms with Crippen LogP contribution in [0.4, 0.5) is 5.69 Å². The van der Waals surface area contributed by atoms with Gasteiger partial charge in [0.15, 0.2) is 0 Å². The summed E-state index contributed by atoms with van der Waals surface area (Å²) < 4.78 is 1.68. The van der Waals surface area contributed by atoms with Gasteiger partial charge in [0.1, 0.15) is 0 Å². The molecule has 0 radical (unpaired) electrons. The molecule has 2 N–H and O–H groups in total. The van der Waals surface area contributed by atoms with Gasteiger partial charge in [0.2, 0.25) is 0 Å². The zero-order valence-corrected chi connectivity index (χ0v) is 10.1. The van der Waals surface area contributed by atoms with Crippen molar-refractivity contribution in [2.75, 3.05) is 12.3 Å². The third-order valence-corrected chi connectivity index (χ3v) is 3.11. The van der Waals surface area contributed by atoms with Crippen LogP contribution in [0, 0.1) is 0 Å². The van der Waals surface area contributed by atoms with Gasteiger partial charge in [0, 0.05) is 24.6 Å². The van der Waals surface area contributed by atoms with Crippen molar-refractivity contribution in [2.45, 2.75) is 6.54 Å². The number of nitrogens with two attached hydrogens (primary N) is 1. The quantitative estimate of drug-likeness (QED) is 0.649. The Morgan fingerprint density at radius 3 is 2.63 bits per heavy atom. The van der Waals surface area contributed by atoms with Crippen LogP contribution < -0.4 is 5.73 Å². The number of rotatable bonds is 3. The number of nitrogen functional groups attached to an aromatic ring is 1. The maximum absolute atomic E-state index is 12.1.